The van der Waals surface area contributed by atoms with E-state index < -0.39 is 0 Å². The van der Waals surface area contributed by atoms with Crippen molar-refractivity contribution >= 4 is 33.3 Å². The first-order valence-electron chi connectivity index (χ1n) is 8.29. The molecule has 3 aromatic heterocycles. The average Bonchev–Trinajstić information content (AvgIpc) is 3.34. The number of fused-ring (bicyclic) bond motifs is 1. The van der Waals surface area contributed by atoms with Crippen molar-refractivity contribution in [1.82, 2.24) is 19.7 Å². The first-order chi connectivity index (χ1) is 13.2. The molecule has 0 saturated heterocycles. The third kappa shape index (κ3) is 3.47. The Kier molecular flexibility index (Phi) is 4.95. The van der Waals surface area contributed by atoms with Crippen LogP contribution < -0.4 is 10.3 Å². The highest BCUT2D eigenvalue weighted by Gasteiger charge is 2.15. The van der Waals surface area contributed by atoms with E-state index in [0.29, 0.717) is 40.4 Å². The number of hydrogen-bond donors (Lipinski definition) is 0. The molecule has 0 unspecified atom stereocenters. The van der Waals surface area contributed by atoms with Crippen LogP contribution in [-0.2, 0) is 12.8 Å². The van der Waals surface area contributed by atoms with Crippen LogP contribution in [0.2, 0.25) is 0 Å². The SMILES string of the molecule is CCOc1ccccc1-c1noc(CSc2nc3sccc3c(=O)n2C)n1. The van der Waals surface area contributed by atoms with Gasteiger partial charge >= 0.3 is 0 Å². The minimum Gasteiger partial charge on any atom is -0.493 e. The van der Waals surface area contributed by atoms with E-state index in [2.05, 4.69) is 15.1 Å². The van der Waals surface area contributed by atoms with Gasteiger partial charge in [-0.3, -0.25) is 9.36 Å². The number of ether oxygens (including phenoxy) is 1. The van der Waals surface area contributed by atoms with Crippen LogP contribution in [0.5, 0.6) is 5.75 Å². The Balaban J connectivity index is 1.56. The number of para-hydroxylation sites is 1. The van der Waals surface area contributed by atoms with Gasteiger partial charge in [-0.05, 0) is 30.5 Å². The molecule has 1 aromatic carbocycles. The lowest BCUT2D eigenvalue weighted by Gasteiger charge is -2.06. The predicted molar refractivity (Wildman–Crippen MR) is 105 cm³/mol. The summed E-state index contributed by atoms with van der Waals surface area (Å²) in [5, 5.41) is 7.18. The summed E-state index contributed by atoms with van der Waals surface area (Å²) in [7, 11) is 1.71. The minimum absolute atomic E-state index is 0.0550. The lowest BCUT2D eigenvalue weighted by Crippen LogP contribution is -2.19. The van der Waals surface area contributed by atoms with Crippen LogP contribution in [0.4, 0.5) is 0 Å². The number of hydrogen-bond acceptors (Lipinski definition) is 8. The standard InChI is InChI=1S/C18H16N4O3S2/c1-3-24-13-7-5-4-6-11(13)15-19-14(25-21-15)10-27-18-20-16-12(8-9-26-16)17(23)22(18)2/h4-9H,3,10H2,1-2H3. The minimum atomic E-state index is -0.0550. The van der Waals surface area contributed by atoms with E-state index in [9.17, 15) is 4.79 Å². The van der Waals surface area contributed by atoms with E-state index in [4.69, 9.17) is 9.26 Å². The monoisotopic (exact) mass is 400 g/mol. The Morgan fingerprint density at radius 3 is 2.96 bits per heavy atom. The van der Waals surface area contributed by atoms with Gasteiger partial charge in [-0.1, -0.05) is 29.1 Å². The number of thiophene rings is 1. The van der Waals surface area contributed by atoms with Crippen molar-refractivity contribution in [3.63, 3.8) is 0 Å². The summed E-state index contributed by atoms with van der Waals surface area (Å²) in [6.07, 6.45) is 0. The number of nitrogens with zero attached hydrogens (tertiary/aromatic N) is 4. The van der Waals surface area contributed by atoms with Crippen molar-refractivity contribution in [3.8, 4) is 17.1 Å². The van der Waals surface area contributed by atoms with E-state index >= 15 is 0 Å². The van der Waals surface area contributed by atoms with E-state index in [0.717, 1.165) is 10.4 Å². The molecular formula is C18H16N4O3S2. The van der Waals surface area contributed by atoms with Crippen molar-refractivity contribution in [3.05, 3.63) is 52.0 Å². The topological polar surface area (TPSA) is 83.0 Å². The Hall–Kier alpha value is -2.65. The van der Waals surface area contributed by atoms with Crippen LogP contribution in [0.3, 0.4) is 0 Å². The van der Waals surface area contributed by atoms with Gasteiger partial charge in [0.1, 0.15) is 10.6 Å². The molecule has 0 aliphatic heterocycles. The summed E-state index contributed by atoms with van der Waals surface area (Å²) in [5.74, 6) is 2.07. The molecule has 0 saturated carbocycles. The summed E-state index contributed by atoms with van der Waals surface area (Å²) < 4.78 is 12.5. The third-order valence-electron chi connectivity index (χ3n) is 3.88. The predicted octanol–water partition coefficient (Wildman–Crippen LogP) is 3.74. The van der Waals surface area contributed by atoms with Crippen molar-refractivity contribution in [1.29, 1.82) is 0 Å². The smallest absolute Gasteiger partial charge is 0.262 e. The maximum atomic E-state index is 12.4. The van der Waals surface area contributed by atoms with Gasteiger partial charge in [0, 0.05) is 7.05 Å². The highest BCUT2D eigenvalue weighted by atomic mass is 32.2. The molecule has 138 valence electrons. The van der Waals surface area contributed by atoms with Gasteiger partial charge in [0.25, 0.3) is 5.56 Å². The highest BCUT2D eigenvalue weighted by molar-refractivity contribution is 7.98. The molecule has 0 spiro atoms. The molecule has 27 heavy (non-hydrogen) atoms. The highest BCUT2D eigenvalue weighted by Crippen LogP contribution is 2.29. The van der Waals surface area contributed by atoms with Gasteiger partial charge in [0.05, 0.1) is 23.3 Å². The van der Waals surface area contributed by atoms with Gasteiger partial charge in [-0.25, -0.2) is 4.98 Å². The molecule has 9 heteroatoms. The molecular weight excluding hydrogens is 384 g/mol. The zero-order valence-corrected chi connectivity index (χ0v) is 16.3. The maximum absolute atomic E-state index is 12.4. The second-order valence-corrected chi connectivity index (χ2v) is 7.46. The number of rotatable bonds is 6. The Labute approximate surface area is 163 Å². The van der Waals surface area contributed by atoms with Crippen LogP contribution in [0.25, 0.3) is 21.6 Å². The summed E-state index contributed by atoms with van der Waals surface area (Å²) in [5.41, 5.74) is 0.727. The van der Waals surface area contributed by atoms with Gasteiger partial charge in [-0.2, -0.15) is 4.98 Å². The number of aromatic nitrogens is 4. The van der Waals surface area contributed by atoms with Gasteiger partial charge in [0.15, 0.2) is 5.16 Å². The number of benzene rings is 1. The summed E-state index contributed by atoms with van der Waals surface area (Å²) in [6.45, 7) is 2.49. The first kappa shape index (κ1) is 17.7. The van der Waals surface area contributed by atoms with Crippen LogP contribution in [0.1, 0.15) is 12.8 Å². The molecule has 3 heterocycles. The van der Waals surface area contributed by atoms with Crippen molar-refractivity contribution in [2.75, 3.05) is 6.61 Å². The van der Waals surface area contributed by atoms with Gasteiger partial charge < -0.3 is 9.26 Å². The lowest BCUT2D eigenvalue weighted by molar-refractivity contribution is 0.341. The molecule has 4 aromatic rings. The van der Waals surface area contributed by atoms with Crippen molar-refractivity contribution < 1.29 is 9.26 Å². The van der Waals surface area contributed by atoms with Crippen LogP contribution in [0, 0.1) is 0 Å². The van der Waals surface area contributed by atoms with Crippen molar-refractivity contribution in [2.45, 2.75) is 17.8 Å². The molecule has 0 fully saturated rings. The fraction of sp³-hybridized carbons (Fsp3) is 0.222. The van der Waals surface area contributed by atoms with Crippen LogP contribution in [-0.4, -0.2) is 26.3 Å². The zero-order chi connectivity index (χ0) is 18.8. The third-order valence-corrected chi connectivity index (χ3v) is 5.71. The van der Waals surface area contributed by atoms with Crippen LogP contribution >= 0.6 is 23.1 Å². The molecule has 0 radical (unpaired) electrons. The maximum Gasteiger partial charge on any atom is 0.262 e. The average molecular weight is 400 g/mol. The quantitative estimate of drug-likeness (QED) is 0.360. The van der Waals surface area contributed by atoms with E-state index in [1.165, 1.54) is 23.1 Å². The molecule has 0 bridgehead atoms. The Morgan fingerprint density at radius 2 is 2.11 bits per heavy atom. The van der Waals surface area contributed by atoms with E-state index in [-0.39, 0.29) is 5.56 Å². The summed E-state index contributed by atoms with van der Waals surface area (Å²) >= 11 is 2.84. The van der Waals surface area contributed by atoms with E-state index in [1.54, 1.807) is 17.7 Å². The second kappa shape index (κ2) is 7.53. The molecule has 0 aliphatic carbocycles. The molecule has 0 N–H and O–H groups in total. The van der Waals surface area contributed by atoms with Gasteiger partial charge in [-0.15, -0.1) is 11.3 Å². The zero-order valence-electron chi connectivity index (χ0n) is 14.7. The molecule has 0 aliphatic rings. The number of thioether (sulfide) groups is 1. The Morgan fingerprint density at radius 1 is 1.26 bits per heavy atom. The fourth-order valence-corrected chi connectivity index (χ4v) is 4.21. The molecule has 4 rings (SSSR count). The van der Waals surface area contributed by atoms with E-state index in [1.807, 2.05) is 36.6 Å². The Bertz CT molecular complexity index is 1150. The fourth-order valence-electron chi connectivity index (χ4n) is 2.59. The molecule has 7 nitrogen and oxygen atoms in total. The first-order valence-corrected chi connectivity index (χ1v) is 10.2. The molecule has 0 amide bonds. The lowest BCUT2D eigenvalue weighted by atomic mass is 10.2. The summed E-state index contributed by atoms with van der Waals surface area (Å²) in [4.78, 5) is 22.1. The largest absolute Gasteiger partial charge is 0.493 e. The summed E-state index contributed by atoms with van der Waals surface area (Å²) in [6, 6.07) is 9.36. The van der Waals surface area contributed by atoms with Crippen molar-refractivity contribution in [2.24, 2.45) is 7.05 Å². The molecule has 0 atom stereocenters. The second-order valence-electron chi connectivity index (χ2n) is 5.63. The van der Waals surface area contributed by atoms with Crippen LogP contribution in [0.15, 0.2) is 50.2 Å². The van der Waals surface area contributed by atoms with Gasteiger partial charge in [0.2, 0.25) is 11.7 Å². The normalized spacial score (nSPS) is 11.2.